The van der Waals surface area contributed by atoms with Crippen molar-refractivity contribution in [3.8, 4) is 0 Å². The second-order valence-electron chi connectivity index (χ2n) is 13.8. The number of nitrogens with zero attached hydrogens (tertiary/aromatic N) is 4. The molecule has 282 valence electrons. The predicted octanol–water partition coefficient (Wildman–Crippen LogP) is 4.93. The number of unbranched alkanes of at least 4 members (excludes halogenated alkanes) is 2. The zero-order valence-corrected chi connectivity index (χ0v) is 31.9. The van der Waals surface area contributed by atoms with E-state index in [0.29, 0.717) is 42.9 Å². The van der Waals surface area contributed by atoms with Gasteiger partial charge in [-0.3, -0.25) is 23.5 Å². The van der Waals surface area contributed by atoms with Crippen LogP contribution in [0.5, 0.6) is 0 Å². The fourth-order valence-electron chi connectivity index (χ4n) is 6.47. The lowest BCUT2D eigenvalue weighted by Crippen LogP contribution is -2.38. The average molecular weight is 760 g/mol. The van der Waals surface area contributed by atoms with Crippen molar-refractivity contribution >= 4 is 49.3 Å². The highest BCUT2D eigenvalue weighted by molar-refractivity contribution is 7.86. The third kappa shape index (κ3) is 9.22. The quantitative estimate of drug-likeness (QED) is 0.0690. The summed E-state index contributed by atoms with van der Waals surface area (Å²) in [6.07, 6.45) is 13.1. The number of benzene rings is 1. The molecule has 1 aromatic carbocycles. The summed E-state index contributed by atoms with van der Waals surface area (Å²) in [4.78, 5) is 35.9. The van der Waals surface area contributed by atoms with Crippen molar-refractivity contribution in [3.63, 3.8) is 0 Å². The van der Waals surface area contributed by atoms with E-state index in [-0.39, 0.29) is 24.3 Å². The van der Waals surface area contributed by atoms with Crippen LogP contribution in [0.25, 0.3) is 0 Å². The number of fused-ring (bicyclic) bond motifs is 2. The summed E-state index contributed by atoms with van der Waals surface area (Å²) < 4.78 is 67.4. The van der Waals surface area contributed by atoms with Gasteiger partial charge in [0.25, 0.3) is 26.1 Å². The summed E-state index contributed by atoms with van der Waals surface area (Å²) in [5, 5.41) is 10.1. The van der Waals surface area contributed by atoms with E-state index in [1.165, 1.54) is 26.3 Å². The number of aliphatic carboxylic acids is 1. The number of aryl methyl sites for hydroxylation is 1. The highest BCUT2D eigenvalue weighted by Crippen LogP contribution is 2.48. The van der Waals surface area contributed by atoms with E-state index < -0.39 is 48.7 Å². The number of hydrogen-bond donors (Lipinski definition) is 3. The van der Waals surface area contributed by atoms with E-state index in [0.717, 1.165) is 27.6 Å². The Morgan fingerprint density at radius 3 is 2.31 bits per heavy atom. The highest BCUT2D eigenvalue weighted by atomic mass is 32.2. The van der Waals surface area contributed by atoms with Crippen molar-refractivity contribution in [2.24, 2.45) is 4.99 Å². The maximum absolute atomic E-state index is 13.0. The van der Waals surface area contributed by atoms with E-state index in [4.69, 9.17) is 14.9 Å². The molecule has 0 fully saturated rings. The van der Waals surface area contributed by atoms with Gasteiger partial charge in [0.05, 0.1) is 40.8 Å². The van der Waals surface area contributed by atoms with Crippen molar-refractivity contribution in [2.45, 2.75) is 82.1 Å². The molecule has 0 radical (unpaired) electrons. The molecule has 3 N–H and O–H groups in total. The third-order valence-corrected chi connectivity index (χ3v) is 11.1. The number of aromatic nitrogens is 1. The first-order chi connectivity index (χ1) is 24.2. The molecule has 0 unspecified atom stereocenters. The fraction of sp³-hybridized carbons (Fsp3) is 0.444. The molecule has 52 heavy (non-hydrogen) atoms. The molecule has 1 amide bonds. The number of carboxylic acid groups (broad SMARTS) is 1. The maximum atomic E-state index is 13.0. The summed E-state index contributed by atoms with van der Waals surface area (Å²) in [6, 6.07) is 6.30. The van der Waals surface area contributed by atoms with Gasteiger partial charge in [-0.1, -0.05) is 38.5 Å². The molecule has 4 rings (SSSR count). The van der Waals surface area contributed by atoms with Crippen LogP contribution in [-0.2, 0) is 47.2 Å². The van der Waals surface area contributed by atoms with Crippen molar-refractivity contribution in [1.29, 1.82) is 0 Å². The van der Waals surface area contributed by atoms with Gasteiger partial charge >= 0.3 is 11.8 Å². The van der Waals surface area contributed by atoms with Crippen molar-refractivity contribution in [2.75, 3.05) is 31.4 Å². The van der Waals surface area contributed by atoms with Crippen LogP contribution >= 0.6 is 0 Å². The van der Waals surface area contributed by atoms with Crippen molar-refractivity contribution in [1.82, 2.24) is 5.06 Å². The van der Waals surface area contributed by atoms with Gasteiger partial charge in [-0.05, 0) is 73.7 Å². The maximum Gasteiger partial charge on any atom is 0.327 e. The molecule has 2 aliphatic rings. The first kappa shape index (κ1) is 40.5. The second kappa shape index (κ2) is 15.8. The number of pyridine rings is 1. The minimum Gasteiger partial charge on any atom is -0.481 e. The average Bonchev–Trinajstić information content (AvgIpc) is 3.43. The minimum absolute atomic E-state index is 0.0865. The normalized spacial score (nSPS) is 17.2. The molecule has 0 spiro atoms. The molecular weight excluding hydrogens is 713 g/mol. The minimum atomic E-state index is -4.42. The molecule has 16 heteroatoms. The van der Waals surface area contributed by atoms with Gasteiger partial charge in [0.15, 0.2) is 5.71 Å². The SMILES string of the molecule is CON(C)C(=O)c1cc2c([n+](CCCS(=O)(=O)O)c1)N=C(/C=C/C=C/C=C1/N(CCCCCC(=O)O)c3ccc(S(=O)(=O)O)cc3C1(C)C)C2(C)C. The number of aliphatic imine (C=N–C) groups is 1. The van der Waals surface area contributed by atoms with Crippen LogP contribution in [0.3, 0.4) is 0 Å². The van der Waals surface area contributed by atoms with Gasteiger partial charge in [-0.15, -0.1) is 0 Å². The molecule has 0 saturated carbocycles. The van der Waals surface area contributed by atoms with Crippen LogP contribution in [0.15, 0.2) is 76.4 Å². The van der Waals surface area contributed by atoms with Crippen LogP contribution in [0.2, 0.25) is 0 Å². The van der Waals surface area contributed by atoms with Crippen LogP contribution in [0.1, 0.15) is 81.3 Å². The summed E-state index contributed by atoms with van der Waals surface area (Å²) >= 11 is 0. The van der Waals surface area contributed by atoms with Gasteiger partial charge in [0.2, 0.25) is 0 Å². The third-order valence-electron chi connectivity index (χ3n) is 9.42. The predicted molar refractivity (Wildman–Crippen MR) is 196 cm³/mol. The number of hydroxylamine groups is 2. The van der Waals surface area contributed by atoms with E-state index in [1.54, 1.807) is 22.9 Å². The van der Waals surface area contributed by atoms with E-state index in [1.807, 2.05) is 58.1 Å². The number of allylic oxidation sites excluding steroid dienone is 6. The zero-order chi connectivity index (χ0) is 38.6. The lowest BCUT2D eigenvalue weighted by Gasteiger charge is -2.27. The fourth-order valence-corrected chi connectivity index (χ4v) is 7.47. The topological polar surface area (TPSA) is 195 Å². The second-order valence-corrected chi connectivity index (χ2v) is 16.8. The molecule has 2 aromatic rings. The Balaban J connectivity index is 1.63. The van der Waals surface area contributed by atoms with Crippen LogP contribution in [-0.4, -0.2) is 80.2 Å². The Morgan fingerprint density at radius 2 is 1.67 bits per heavy atom. The molecule has 0 atom stereocenters. The molecule has 14 nitrogen and oxygen atoms in total. The number of rotatable bonds is 16. The van der Waals surface area contributed by atoms with Gasteiger partial charge in [-0.2, -0.15) is 16.8 Å². The van der Waals surface area contributed by atoms with Crippen molar-refractivity contribution < 1.29 is 50.0 Å². The highest BCUT2D eigenvalue weighted by Gasteiger charge is 2.43. The molecular formula is C36H47N4O10S2+. The van der Waals surface area contributed by atoms with E-state index in [9.17, 15) is 35.5 Å². The van der Waals surface area contributed by atoms with Gasteiger partial charge in [0.1, 0.15) is 6.20 Å². The monoisotopic (exact) mass is 759 g/mol. The lowest BCUT2D eigenvalue weighted by atomic mass is 9.81. The molecule has 2 aliphatic heterocycles. The first-order valence-corrected chi connectivity index (χ1v) is 19.8. The smallest absolute Gasteiger partial charge is 0.327 e. The Morgan fingerprint density at radius 1 is 0.962 bits per heavy atom. The standard InChI is InChI=1S/C36H46N4O10S2/c1-35(2)28-22-25(34(43)38(5)50-6)24-39(19-13-21-51(44,45)46)33(28)37-30(35)14-9-7-10-15-31-36(3,4)27-23-26(52(47,48)49)17-18-29(27)40(31)20-12-8-11-16-32(41)42/h7,9-10,14-15,17-18,22-24H,8,11-13,16,19-21H2,1-6H3,(H2-,41,42,44,45,46,47,48,49)/p+1. The van der Waals surface area contributed by atoms with Gasteiger partial charge < -0.3 is 10.0 Å². The summed E-state index contributed by atoms with van der Waals surface area (Å²) in [5.74, 6) is -1.12. The molecule has 3 heterocycles. The Hall–Kier alpha value is -4.22. The zero-order valence-electron chi connectivity index (χ0n) is 30.2. The largest absolute Gasteiger partial charge is 0.481 e. The lowest BCUT2D eigenvalue weighted by molar-refractivity contribution is -0.684. The molecule has 0 bridgehead atoms. The Kier molecular flexibility index (Phi) is 12.3. The first-order valence-electron chi connectivity index (χ1n) is 16.8. The molecule has 0 aliphatic carbocycles. The molecule has 1 aromatic heterocycles. The summed E-state index contributed by atoms with van der Waals surface area (Å²) in [6.45, 7) is 8.65. The van der Waals surface area contributed by atoms with E-state index >= 15 is 0 Å². The Labute approximate surface area is 305 Å². The number of hydrogen-bond acceptors (Lipinski definition) is 9. The van der Waals surface area contributed by atoms with Crippen LogP contribution < -0.4 is 9.47 Å². The number of carboxylic acids is 1. The van der Waals surface area contributed by atoms with Gasteiger partial charge in [-0.25, -0.2) is 9.63 Å². The Bertz CT molecular complexity index is 2070. The number of carbonyl (C=O) groups is 2. The van der Waals surface area contributed by atoms with Crippen molar-refractivity contribution in [3.05, 3.63) is 83.2 Å². The summed E-state index contributed by atoms with van der Waals surface area (Å²) in [5.41, 5.74) is 2.96. The number of anilines is 1. The van der Waals surface area contributed by atoms with Crippen LogP contribution in [0, 0.1) is 0 Å². The summed E-state index contributed by atoms with van der Waals surface area (Å²) in [7, 11) is -5.74. The van der Waals surface area contributed by atoms with Crippen LogP contribution in [0.4, 0.5) is 11.5 Å². The van der Waals surface area contributed by atoms with E-state index in [2.05, 4.69) is 4.90 Å². The number of carbonyl (C=O) groups excluding carboxylic acids is 1. The molecule has 0 saturated heterocycles. The number of amides is 1. The van der Waals surface area contributed by atoms with Gasteiger partial charge in [0, 0.05) is 43.2 Å².